The Hall–Kier alpha value is 1.24. The Labute approximate surface area is 138 Å². The zero-order valence-corrected chi connectivity index (χ0v) is 18.9. The van der Waals surface area contributed by atoms with E-state index in [9.17, 15) is 8.78 Å². The highest BCUT2D eigenvalue weighted by molar-refractivity contribution is 8.00. The number of hydrogen-bond donors (Lipinski definition) is 0. The second-order valence-electron chi connectivity index (χ2n) is 5.10. The van der Waals surface area contributed by atoms with Crippen LogP contribution in [0, 0.1) is 0 Å². The Morgan fingerprint density at radius 3 is 1.10 bits per heavy atom. The number of hydrogen-bond acceptors (Lipinski definition) is 2. The van der Waals surface area contributed by atoms with E-state index in [-0.39, 0.29) is 0 Å². The lowest BCUT2D eigenvalue weighted by molar-refractivity contribution is 0.0437. The average molecular weight is 384 g/mol. The highest BCUT2D eigenvalue weighted by Crippen LogP contribution is 2.23. The van der Waals surface area contributed by atoms with Crippen LogP contribution >= 0.6 is 34.8 Å². The molecule has 0 aliphatic carbocycles. The van der Waals surface area contributed by atoms with Gasteiger partial charge >= 0.3 is 0 Å². The van der Waals surface area contributed by atoms with Gasteiger partial charge in [-0.3, -0.25) is 0 Å². The van der Waals surface area contributed by atoms with Crippen LogP contribution in [0.15, 0.2) is 12.2 Å². The molecule has 4 unspecified atom stereocenters. The SMILES string of the molecule is C=C(C)C.CC(C)(F)F.CC(C)OPP.CC(C)OPP. The van der Waals surface area contributed by atoms with Gasteiger partial charge in [0.05, 0.1) is 12.2 Å². The van der Waals surface area contributed by atoms with Crippen molar-refractivity contribution in [3.63, 3.8) is 0 Å². The molecule has 0 saturated heterocycles. The van der Waals surface area contributed by atoms with Crippen molar-refractivity contribution in [3.8, 4) is 0 Å². The van der Waals surface area contributed by atoms with Crippen molar-refractivity contribution in [2.75, 3.05) is 0 Å². The van der Waals surface area contributed by atoms with Gasteiger partial charge in [0.1, 0.15) is 0 Å². The summed E-state index contributed by atoms with van der Waals surface area (Å²) in [7, 11) is 6.17. The number of allylic oxidation sites excluding steroid dienone is 1. The van der Waals surface area contributed by atoms with Crippen LogP contribution in [0.1, 0.15) is 55.4 Å². The van der Waals surface area contributed by atoms with Crippen LogP contribution < -0.4 is 0 Å². The van der Waals surface area contributed by atoms with E-state index in [4.69, 9.17) is 9.05 Å². The molecule has 0 N–H and O–H groups in total. The number of halogens is 2. The molecule has 0 aromatic heterocycles. The first-order valence-electron chi connectivity index (χ1n) is 6.50. The maximum atomic E-state index is 11.0. The smallest absolute Gasteiger partial charge is 0.242 e. The molecule has 0 aliphatic heterocycles. The second kappa shape index (κ2) is 21.2. The zero-order valence-electron chi connectivity index (χ0n) is 14.6. The third kappa shape index (κ3) is 150. The van der Waals surface area contributed by atoms with E-state index in [2.05, 4.69) is 24.4 Å². The summed E-state index contributed by atoms with van der Waals surface area (Å²) >= 11 is 0. The Kier molecular flexibility index (Phi) is 30.5. The molecule has 132 valence electrons. The van der Waals surface area contributed by atoms with E-state index in [0.29, 0.717) is 29.2 Å². The molecule has 0 bridgehead atoms. The summed E-state index contributed by atoms with van der Waals surface area (Å²) in [4.78, 5) is 0. The number of alkyl halides is 2. The van der Waals surface area contributed by atoms with Gasteiger partial charge < -0.3 is 9.05 Å². The fourth-order valence-electron chi connectivity index (χ4n) is 0.272. The van der Waals surface area contributed by atoms with E-state index < -0.39 is 5.92 Å². The number of rotatable bonds is 4. The Balaban J connectivity index is -0.0000000929. The van der Waals surface area contributed by atoms with Gasteiger partial charge in [-0.05, 0) is 55.4 Å². The van der Waals surface area contributed by atoms with E-state index in [1.165, 1.54) is 5.57 Å². The highest BCUT2D eigenvalue weighted by atomic mass is 32.0. The van der Waals surface area contributed by atoms with Crippen molar-refractivity contribution in [1.29, 1.82) is 0 Å². The third-order valence-corrected chi connectivity index (χ3v) is 2.64. The standard InChI is InChI=1S/C4H8.C3H6F2.2C3H10OP2/c1-4(2)3;1-3(2,4)5;2*1-3(2)4-6-5/h1H2,2-3H3;1-2H3;2*3,6H,5H2,1-2H3. The predicted molar refractivity (Wildman–Crippen MR) is 105 cm³/mol. The van der Waals surface area contributed by atoms with Crippen LogP contribution in [-0.4, -0.2) is 18.1 Å². The van der Waals surface area contributed by atoms with Crippen molar-refractivity contribution in [2.45, 2.75) is 73.5 Å². The van der Waals surface area contributed by atoms with Crippen LogP contribution in [0.4, 0.5) is 8.78 Å². The zero-order chi connectivity index (χ0) is 18.1. The molecule has 0 radical (unpaired) electrons. The first-order chi connectivity index (χ1) is 9.27. The molecule has 0 spiro atoms. The first kappa shape index (κ1) is 30.2. The predicted octanol–water partition coefficient (Wildman–Crippen LogP) is 6.83. The molecule has 0 aromatic carbocycles. The van der Waals surface area contributed by atoms with Gasteiger partial charge in [-0.1, -0.05) is 23.4 Å². The monoisotopic (exact) mass is 384 g/mol. The van der Waals surface area contributed by atoms with Gasteiger partial charge in [-0.15, -0.1) is 6.58 Å². The normalized spacial score (nSPS) is 11.0. The summed E-state index contributed by atoms with van der Waals surface area (Å²) in [6.45, 7) is 17.3. The van der Waals surface area contributed by atoms with Crippen LogP contribution in [0.25, 0.3) is 0 Å². The fourth-order valence-corrected chi connectivity index (χ4v) is 2.45. The molecule has 2 nitrogen and oxygen atoms in total. The second-order valence-corrected chi connectivity index (χ2v) is 7.46. The summed E-state index contributed by atoms with van der Waals surface area (Å²) in [6.07, 6.45) is 0.779. The average Bonchev–Trinajstić information content (AvgIpc) is 2.13. The third-order valence-electron chi connectivity index (χ3n) is 0.607. The molecule has 0 fully saturated rings. The largest absolute Gasteiger partial charge is 0.356 e. The van der Waals surface area contributed by atoms with E-state index in [0.717, 1.165) is 13.8 Å². The summed E-state index contributed by atoms with van der Waals surface area (Å²) in [6, 6.07) is 0. The highest BCUT2D eigenvalue weighted by Gasteiger charge is 2.08. The Morgan fingerprint density at radius 1 is 0.952 bits per heavy atom. The van der Waals surface area contributed by atoms with Crippen molar-refractivity contribution in [3.05, 3.63) is 12.2 Å². The molecule has 0 aliphatic rings. The summed E-state index contributed by atoms with van der Waals surface area (Å²) < 4.78 is 32.1. The Morgan fingerprint density at radius 2 is 1.10 bits per heavy atom. The fraction of sp³-hybridized carbons (Fsp3) is 0.846. The van der Waals surface area contributed by atoms with Gasteiger partial charge in [-0.2, -0.15) is 0 Å². The van der Waals surface area contributed by atoms with Crippen LogP contribution in [0.5, 0.6) is 0 Å². The minimum absolute atomic E-state index is 0.390. The maximum absolute atomic E-state index is 11.0. The van der Waals surface area contributed by atoms with Gasteiger partial charge in [0, 0.05) is 17.0 Å². The van der Waals surface area contributed by atoms with Crippen molar-refractivity contribution < 1.29 is 17.8 Å². The van der Waals surface area contributed by atoms with Crippen LogP contribution in [-0.2, 0) is 9.05 Å². The molecule has 0 rings (SSSR count). The van der Waals surface area contributed by atoms with Crippen molar-refractivity contribution in [1.82, 2.24) is 0 Å². The van der Waals surface area contributed by atoms with Gasteiger partial charge in [0.25, 0.3) is 0 Å². The maximum Gasteiger partial charge on any atom is 0.242 e. The summed E-state index contributed by atoms with van der Waals surface area (Å²) in [5, 5.41) is 0. The van der Waals surface area contributed by atoms with Crippen molar-refractivity contribution in [2.24, 2.45) is 0 Å². The lowest BCUT2D eigenvalue weighted by atomic mass is 10.4. The molecule has 4 atom stereocenters. The molecular formula is C13H34F2O2P4. The van der Waals surface area contributed by atoms with E-state index in [1.807, 2.05) is 41.5 Å². The van der Waals surface area contributed by atoms with Gasteiger partial charge in [-0.25, -0.2) is 8.78 Å². The lowest BCUT2D eigenvalue weighted by Gasteiger charge is -1.99. The van der Waals surface area contributed by atoms with E-state index in [1.54, 1.807) is 0 Å². The molecule has 8 heteroatoms. The molecule has 0 saturated carbocycles. The van der Waals surface area contributed by atoms with Crippen molar-refractivity contribution >= 4 is 34.8 Å². The minimum atomic E-state index is -2.50. The quantitative estimate of drug-likeness (QED) is 0.391. The Bertz CT molecular complexity index is 191. The van der Waals surface area contributed by atoms with Crippen LogP contribution in [0.2, 0.25) is 0 Å². The molecule has 21 heavy (non-hydrogen) atoms. The topological polar surface area (TPSA) is 18.5 Å². The molecule has 0 amide bonds. The lowest BCUT2D eigenvalue weighted by Crippen LogP contribution is -1.98. The van der Waals surface area contributed by atoms with Gasteiger partial charge in [0.15, 0.2) is 0 Å². The summed E-state index contributed by atoms with van der Waals surface area (Å²) in [5.41, 5.74) is 1.17. The molecule has 0 aromatic rings. The van der Waals surface area contributed by atoms with E-state index >= 15 is 0 Å². The van der Waals surface area contributed by atoms with Gasteiger partial charge in [0.2, 0.25) is 5.92 Å². The minimum Gasteiger partial charge on any atom is -0.356 e. The molecular weight excluding hydrogens is 350 g/mol. The first-order valence-corrected chi connectivity index (χ1v) is 11.9. The molecule has 0 heterocycles. The summed E-state index contributed by atoms with van der Waals surface area (Å²) in [5.74, 6) is -2.50. The van der Waals surface area contributed by atoms with Crippen LogP contribution in [0.3, 0.4) is 0 Å².